The SMILES string of the molecule is OCC1CCN([C@H]2CCCN(C3C4CC5CC(C4)CC3C5)C2)CC1. The molecule has 2 saturated heterocycles. The Bertz CT molecular complexity index is 417. The molecule has 0 aromatic rings. The molecule has 6 aliphatic rings. The van der Waals surface area contributed by atoms with Gasteiger partial charge in [-0.3, -0.25) is 9.80 Å². The van der Waals surface area contributed by atoms with Crippen molar-refractivity contribution in [2.24, 2.45) is 29.6 Å². The van der Waals surface area contributed by atoms with E-state index in [-0.39, 0.29) is 0 Å². The second kappa shape index (κ2) is 6.55. The Balaban J connectivity index is 1.23. The van der Waals surface area contributed by atoms with Crippen LogP contribution in [0.2, 0.25) is 0 Å². The Morgan fingerprint density at radius 2 is 1.42 bits per heavy atom. The van der Waals surface area contributed by atoms with Gasteiger partial charge in [0.25, 0.3) is 0 Å². The molecule has 24 heavy (non-hydrogen) atoms. The van der Waals surface area contributed by atoms with Crippen molar-refractivity contribution in [1.82, 2.24) is 9.80 Å². The maximum absolute atomic E-state index is 9.39. The highest BCUT2D eigenvalue weighted by Crippen LogP contribution is 2.55. The van der Waals surface area contributed by atoms with Crippen molar-refractivity contribution in [3.63, 3.8) is 0 Å². The number of likely N-dealkylation sites (tertiary alicyclic amines) is 2. The third-order valence-electron chi connectivity index (χ3n) is 8.45. The number of hydrogen-bond acceptors (Lipinski definition) is 3. The summed E-state index contributed by atoms with van der Waals surface area (Å²) >= 11 is 0. The van der Waals surface area contributed by atoms with Crippen LogP contribution < -0.4 is 0 Å². The van der Waals surface area contributed by atoms with Crippen molar-refractivity contribution in [1.29, 1.82) is 0 Å². The van der Waals surface area contributed by atoms with Gasteiger partial charge in [0.05, 0.1) is 0 Å². The molecule has 1 N–H and O–H groups in total. The molecular formula is C21H36N2O. The lowest BCUT2D eigenvalue weighted by Gasteiger charge is -2.58. The van der Waals surface area contributed by atoms with Gasteiger partial charge in [-0.15, -0.1) is 0 Å². The fraction of sp³-hybridized carbons (Fsp3) is 1.00. The van der Waals surface area contributed by atoms with E-state index in [9.17, 15) is 5.11 Å². The zero-order valence-corrected chi connectivity index (χ0v) is 15.3. The lowest BCUT2D eigenvalue weighted by Crippen LogP contribution is -2.60. The van der Waals surface area contributed by atoms with Crippen molar-refractivity contribution in [3.05, 3.63) is 0 Å². The fourth-order valence-corrected chi connectivity index (χ4v) is 7.55. The van der Waals surface area contributed by atoms with Crippen LogP contribution in [-0.4, -0.2) is 59.8 Å². The van der Waals surface area contributed by atoms with Gasteiger partial charge in [-0.25, -0.2) is 0 Å². The first-order valence-corrected chi connectivity index (χ1v) is 10.9. The minimum atomic E-state index is 0.401. The first-order valence-electron chi connectivity index (χ1n) is 10.9. The van der Waals surface area contributed by atoms with E-state index in [1.54, 1.807) is 32.1 Å². The number of rotatable bonds is 3. The molecule has 4 saturated carbocycles. The average Bonchev–Trinajstić information content (AvgIpc) is 2.61. The molecule has 6 fully saturated rings. The second-order valence-corrected chi connectivity index (χ2v) is 9.87. The molecule has 0 aromatic heterocycles. The van der Waals surface area contributed by atoms with Crippen LogP contribution in [0.4, 0.5) is 0 Å². The Hall–Kier alpha value is -0.120. The molecule has 3 nitrogen and oxygen atoms in total. The zero-order chi connectivity index (χ0) is 16.1. The van der Waals surface area contributed by atoms with Crippen LogP contribution in [0.25, 0.3) is 0 Å². The monoisotopic (exact) mass is 332 g/mol. The lowest BCUT2D eigenvalue weighted by molar-refractivity contribution is -0.0809. The van der Waals surface area contributed by atoms with Crippen LogP contribution in [0.5, 0.6) is 0 Å². The highest BCUT2D eigenvalue weighted by atomic mass is 16.3. The predicted molar refractivity (Wildman–Crippen MR) is 96.8 cm³/mol. The number of aliphatic hydroxyl groups excluding tert-OH is 1. The minimum Gasteiger partial charge on any atom is -0.396 e. The van der Waals surface area contributed by atoms with Crippen LogP contribution in [-0.2, 0) is 0 Å². The van der Waals surface area contributed by atoms with Gasteiger partial charge in [0.1, 0.15) is 0 Å². The molecule has 0 amide bonds. The van der Waals surface area contributed by atoms with E-state index in [2.05, 4.69) is 9.80 Å². The van der Waals surface area contributed by atoms with E-state index >= 15 is 0 Å². The number of aliphatic hydroxyl groups is 1. The Morgan fingerprint density at radius 3 is 2.04 bits per heavy atom. The summed E-state index contributed by atoms with van der Waals surface area (Å²) in [5.74, 6) is 4.86. The van der Waals surface area contributed by atoms with Gasteiger partial charge in [0.15, 0.2) is 0 Å². The van der Waals surface area contributed by atoms with E-state index in [1.807, 2.05) is 0 Å². The van der Waals surface area contributed by atoms with Crippen molar-refractivity contribution >= 4 is 0 Å². The predicted octanol–water partition coefficient (Wildman–Crippen LogP) is 2.98. The van der Waals surface area contributed by atoms with E-state index in [4.69, 9.17) is 0 Å². The van der Waals surface area contributed by atoms with E-state index in [0.717, 1.165) is 35.8 Å². The topological polar surface area (TPSA) is 26.7 Å². The fourth-order valence-electron chi connectivity index (χ4n) is 7.55. The van der Waals surface area contributed by atoms with Crippen LogP contribution >= 0.6 is 0 Å². The lowest BCUT2D eigenvalue weighted by atomic mass is 9.53. The van der Waals surface area contributed by atoms with Crippen LogP contribution in [0, 0.1) is 29.6 Å². The average molecular weight is 333 g/mol. The Kier molecular flexibility index (Phi) is 4.39. The summed E-state index contributed by atoms with van der Waals surface area (Å²) in [6.07, 6.45) is 13.0. The summed E-state index contributed by atoms with van der Waals surface area (Å²) in [5, 5.41) is 9.39. The molecule has 2 heterocycles. The van der Waals surface area contributed by atoms with E-state index in [1.165, 1.54) is 51.9 Å². The quantitative estimate of drug-likeness (QED) is 0.861. The zero-order valence-electron chi connectivity index (χ0n) is 15.3. The van der Waals surface area contributed by atoms with Crippen LogP contribution in [0.15, 0.2) is 0 Å². The van der Waals surface area contributed by atoms with Crippen molar-refractivity contribution < 1.29 is 5.11 Å². The maximum atomic E-state index is 9.39. The van der Waals surface area contributed by atoms with Gasteiger partial charge < -0.3 is 5.11 Å². The first kappa shape index (κ1) is 16.1. The minimum absolute atomic E-state index is 0.401. The normalized spacial score (nSPS) is 47.4. The van der Waals surface area contributed by atoms with Gasteiger partial charge in [0, 0.05) is 25.2 Å². The van der Waals surface area contributed by atoms with Crippen LogP contribution in [0.1, 0.15) is 57.8 Å². The molecular weight excluding hydrogens is 296 g/mol. The molecule has 0 radical (unpaired) electrons. The Labute approximate surface area is 147 Å². The smallest absolute Gasteiger partial charge is 0.0460 e. The van der Waals surface area contributed by atoms with Crippen molar-refractivity contribution in [2.45, 2.75) is 69.9 Å². The van der Waals surface area contributed by atoms with Gasteiger partial charge in [-0.05, 0) is 107 Å². The van der Waals surface area contributed by atoms with Crippen molar-refractivity contribution in [3.8, 4) is 0 Å². The summed E-state index contributed by atoms with van der Waals surface area (Å²) in [5.41, 5.74) is 0. The van der Waals surface area contributed by atoms with Gasteiger partial charge in [-0.2, -0.15) is 0 Å². The molecule has 6 rings (SSSR count). The number of piperidine rings is 2. The largest absolute Gasteiger partial charge is 0.396 e. The standard InChI is InChI=1S/C21H36N2O/c24-14-15-3-6-22(7-4-15)20-2-1-5-23(13-20)21-18-9-16-8-17(11-18)12-19(21)10-16/h15-21,24H,1-14H2/t16?,17?,18?,19?,20-,21?/m0/s1. The second-order valence-electron chi connectivity index (χ2n) is 9.87. The van der Waals surface area contributed by atoms with E-state index in [0.29, 0.717) is 12.5 Å². The molecule has 2 aliphatic heterocycles. The summed E-state index contributed by atoms with van der Waals surface area (Å²) < 4.78 is 0. The molecule has 0 spiro atoms. The third kappa shape index (κ3) is 2.85. The molecule has 136 valence electrons. The molecule has 0 unspecified atom stereocenters. The van der Waals surface area contributed by atoms with Crippen molar-refractivity contribution in [2.75, 3.05) is 32.8 Å². The van der Waals surface area contributed by atoms with Gasteiger partial charge >= 0.3 is 0 Å². The summed E-state index contributed by atoms with van der Waals surface area (Å²) in [6, 6.07) is 1.74. The molecule has 4 aliphatic carbocycles. The van der Waals surface area contributed by atoms with Gasteiger partial charge in [-0.1, -0.05) is 0 Å². The summed E-state index contributed by atoms with van der Waals surface area (Å²) in [6.45, 7) is 5.57. The number of nitrogens with zero attached hydrogens (tertiary/aromatic N) is 2. The highest BCUT2D eigenvalue weighted by molar-refractivity contribution is 5.03. The number of hydrogen-bond donors (Lipinski definition) is 1. The third-order valence-corrected chi connectivity index (χ3v) is 8.45. The first-order chi connectivity index (χ1) is 11.8. The Morgan fingerprint density at radius 1 is 0.750 bits per heavy atom. The molecule has 3 heteroatoms. The highest BCUT2D eigenvalue weighted by Gasteiger charge is 2.50. The molecule has 4 bridgehead atoms. The van der Waals surface area contributed by atoms with Gasteiger partial charge in [0.2, 0.25) is 0 Å². The maximum Gasteiger partial charge on any atom is 0.0460 e. The molecule has 1 atom stereocenters. The molecule has 0 aromatic carbocycles. The summed E-state index contributed by atoms with van der Waals surface area (Å²) in [7, 11) is 0. The van der Waals surface area contributed by atoms with Crippen LogP contribution in [0.3, 0.4) is 0 Å². The summed E-state index contributed by atoms with van der Waals surface area (Å²) in [4.78, 5) is 5.73. The van der Waals surface area contributed by atoms with E-state index < -0.39 is 0 Å².